The van der Waals surface area contributed by atoms with Gasteiger partial charge in [-0.15, -0.1) is 11.3 Å². The minimum atomic E-state index is -1.04. The van der Waals surface area contributed by atoms with E-state index in [1.165, 1.54) is 16.9 Å². The van der Waals surface area contributed by atoms with Crippen LogP contribution >= 0.6 is 11.3 Å². The van der Waals surface area contributed by atoms with Crippen molar-refractivity contribution in [2.24, 2.45) is 5.41 Å². The maximum absolute atomic E-state index is 13.4. The van der Waals surface area contributed by atoms with Crippen LogP contribution < -0.4 is 4.72 Å². The first-order valence-electron chi connectivity index (χ1n) is 10.7. The number of hydrogen-bond acceptors (Lipinski definition) is 4. The molecule has 168 valence electrons. The van der Waals surface area contributed by atoms with Crippen LogP contribution in [0.2, 0.25) is 0 Å². The van der Waals surface area contributed by atoms with E-state index in [2.05, 4.69) is 40.6 Å². The first-order valence-corrected chi connectivity index (χ1v) is 13.1. The molecule has 0 radical (unpaired) electrons. The van der Waals surface area contributed by atoms with Crippen molar-refractivity contribution in [1.29, 1.82) is 0 Å². The van der Waals surface area contributed by atoms with Gasteiger partial charge in [0.25, 0.3) is 0 Å². The van der Waals surface area contributed by atoms with Gasteiger partial charge in [-0.2, -0.15) is 4.39 Å². The van der Waals surface area contributed by atoms with Crippen LogP contribution in [0.25, 0.3) is 0 Å². The molecule has 1 aliphatic heterocycles. The van der Waals surface area contributed by atoms with E-state index in [0.29, 0.717) is 6.54 Å². The molecule has 3 rings (SSSR count). The summed E-state index contributed by atoms with van der Waals surface area (Å²) < 4.78 is 28.2. The standard InChI is InChI=1S/C21H30FN3OS2.C2H6/c1-16-5-6-17(13-23-16)20(2,3)25-12-11-21(15-25,14-24-28(4)26)10-9-18-7-8-19(22)27-18;1-2/h5-8,13,24H,9-12,14-15H2,1-4H3;1-2H3. The van der Waals surface area contributed by atoms with Crippen molar-refractivity contribution >= 4 is 22.3 Å². The Balaban J connectivity index is 0.00000155. The SMILES string of the molecule is CC.Cc1ccc(C(C)(C)N2CCC(CCc3ccc(F)s3)(CNS(C)=O)C2)cn1. The van der Waals surface area contributed by atoms with E-state index in [1.807, 2.05) is 33.0 Å². The molecule has 7 heteroatoms. The highest BCUT2D eigenvalue weighted by Gasteiger charge is 2.43. The Bertz CT molecular complexity index is 822. The highest BCUT2D eigenvalue weighted by atomic mass is 32.2. The summed E-state index contributed by atoms with van der Waals surface area (Å²) in [5.41, 5.74) is 2.14. The number of nitrogens with zero attached hydrogens (tertiary/aromatic N) is 2. The molecule has 0 bridgehead atoms. The highest BCUT2D eigenvalue weighted by molar-refractivity contribution is 7.82. The van der Waals surface area contributed by atoms with E-state index in [-0.39, 0.29) is 16.1 Å². The predicted molar refractivity (Wildman–Crippen MR) is 127 cm³/mol. The summed E-state index contributed by atoms with van der Waals surface area (Å²) in [6, 6.07) is 7.65. The van der Waals surface area contributed by atoms with Crippen molar-refractivity contribution in [1.82, 2.24) is 14.6 Å². The summed E-state index contributed by atoms with van der Waals surface area (Å²) in [5, 5.41) is -0.127. The molecule has 0 saturated carbocycles. The molecule has 4 nitrogen and oxygen atoms in total. The summed E-state index contributed by atoms with van der Waals surface area (Å²) >= 11 is 1.23. The Kier molecular flexibility index (Phi) is 9.15. The van der Waals surface area contributed by atoms with Gasteiger partial charge in [-0.25, -0.2) is 8.93 Å². The number of halogens is 1. The van der Waals surface area contributed by atoms with Crippen molar-refractivity contribution in [2.45, 2.75) is 59.4 Å². The number of nitrogens with one attached hydrogen (secondary N) is 1. The van der Waals surface area contributed by atoms with Gasteiger partial charge in [0, 0.05) is 41.7 Å². The fourth-order valence-corrected chi connectivity index (χ4v) is 5.23. The number of rotatable bonds is 8. The van der Waals surface area contributed by atoms with Gasteiger partial charge in [-0.05, 0) is 75.8 Å². The predicted octanol–water partition coefficient (Wildman–Crippen LogP) is 5.06. The second-order valence-electron chi connectivity index (χ2n) is 8.40. The van der Waals surface area contributed by atoms with E-state index >= 15 is 0 Å². The van der Waals surface area contributed by atoms with E-state index in [4.69, 9.17) is 0 Å². The number of pyridine rings is 1. The Labute approximate surface area is 187 Å². The number of hydrogen-bond donors (Lipinski definition) is 1. The number of thiophene rings is 1. The smallest absolute Gasteiger partial charge is 0.176 e. The van der Waals surface area contributed by atoms with Gasteiger partial charge in [0.05, 0.1) is 11.0 Å². The minimum absolute atomic E-state index is 0.0293. The van der Waals surface area contributed by atoms with Gasteiger partial charge in [-0.1, -0.05) is 19.9 Å². The Morgan fingerprint density at radius 3 is 2.60 bits per heavy atom. The second-order valence-corrected chi connectivity index (χ2v) is 10.7. The summed E-state index contributed by atoms with van der Waals surface area (Å²) in [6.07, 6.45) is 6.50. The van der Waals surface area contributed by atoms with Crippen molar-refractivity contribution in [3.8, 4) is 0 Å². The molecule has 0 aromatic carbocycles. The van der Waals surface area contributed by atoms with Crippen LogP contribution in [-0.2, 0) is 22.9 Å². The molecule has 2 unspecified atom stereocenters. The third-order valence-electron chi connectivity index (χ3n) is 6.03. The maximum Gasteiger partial charge on any atom is 0.176 e. The molecule has 1 aliphatic rings. The van der Waals surface area contributed by atoms with Crippen LogP contribution in [0.3, 0.4) is 0 Å². The van der Waals surface area contributed by atoms with Crippen LogP contribution in [0, 0.1) is 17.5 Å². The molecule has 2 aromatic heterocycles. The van der Waals surface area contributed by atoms with E-state index < -0.39 is 11.0 Å². The van der Waals surface area contributed by atoms with Crippen LogP contribution in [0.1, 0.15) is 56.7 Å². The zero-order valence-electron chi connectivity index (χ0n) is 19.1. The molecule has 1 fully saturated rings. The van der Waals surface area contributed by atoms with Gasteiger partial charge in [-0.3, -0.25) is 9.88 Å². The summed E-state index contributed by atoms with van der Waals surface area (Å²) in [5.74, 6) is 0. The van der Waals surface area contributed by atoms with Crippen molar-refractivity contribution in [3.05, 3.63) is 51.7 Å². The van der Waals surface area contributed by atoms with E-state index in [1.54, 1.807) is 12.3 Å². The molecule has 0 aliphatic carbocycles. The lowest BCUT2D eigenvalue weighted by Crippen LogP contribution is -2.44. The molecule has 30 heavy (non-hydrogen) atoms. The van der Waals surface area contributed by atoms with Crippen molar-refractivity contribution in [3.63, 3.8) is 0 Å². The average molecular weight is 454 g/mol. The van der Waals surface area contributed by atoms with Crippen LogP contribution in [0.4, 0.5) is 4.39 Å². The van der Waals surface area contributed by atoms with Crippen molar-refractivity contribution in [2.75, 3.05) is 25.9 Å². The molecule has 1 saturated heterocycles. The average Bonchev–Trinajstić information content (AvgIpc) is 3.34. The molecule has 1 N–H and O–H groups in total. The largest absolute Gasteiger partial charge is 0.293 e. The van der Waals surface area contributed by atoms with Gasteiger partial charge in [0.2, 0.25) is 0 Å². The lowest BCUT2D eigenvalue weighted by atomic mass is 9.82. The van der Waals surface area contributed by atoms with Crippen molar-refractivity contribution < 1.29 is 8.60 Å². The van der Waals surface area contributed by atoms with Crippen LogP contribution in [0.15, 0.2) is 30.5 Å². The van der Waals surface area contributed by atoms with Gasteiger partial charge >= 0.3 is 0 Å². The minimum Gasteiger partial charge on any atom is -0.293 e. The summed E-state index contributed by atoms with van der Waals surface area (Å²) in [6.45, 7) is 13.1. The Morgan fingerprint density at radius 2 is 2.03 bits per heavy atom. The molecule has 0 amide bonds. The van der Waals surface area contributed by atoms with Crippen LogP contribution in [0.5, 0.6) is 0 Å². The topological polar surface area (TPSA) is 45.2 Å². The summed E-state index contributed by atoms with van der Waals surface area (Å²) in [7, 11) is -1.04. The Morgan fingerprint density at radius 1 is 1.30 bits per heavy atom. The molecule has 2 atom stereocenters. The molecular weight excluding hydrogens is 417 g/mol. The molecule has 3 heterocycles. The van der Waals surface area contributed by atoms with E-state index in [0.717, 1.165) is 42.9 Å². The van der Waals surface area contributed by atoms with E-state index in [9.17, 15) is 8.60 Å². The van der Waals surface area contributed by atoms with Gasteiger partial charge in [0.1, 0.15) is 0 Å². The Hall–Kier alpha value is -1.15. The van der Waals surface area contributed by atoms with Crippen LogP contribution in [-0.4, -0.2) is 40.0 Å². The van der Waals surface area contributed by atoms with Gasteiger partial charge in [0.15, 0.2) is 5.13 Å². The fraction of sp³-hybridized carbons (Fsp3) is 0.609. The monoisotopic (exact) mass is 453 g/mol. The lowest BCUT2D eigenvalue weighted by molar-refractivity contribution is 0.128. The quantitative estimate of drug-likeness (QED) is 0.608. The maximum atomic E-state index is 13.4. The zero-order valence-corrected chi connectivity index (χ0v) is 20.8. The molecule has 2 aromatic rings. The third kappa shape index (κ3) is 6.42. The molecule has 0 spiro atoms. The molecular formula is C23H36FN3OS2. The normalized spacial score (nSPS) is 20.6. The number of aryl methyl sites for hydroxylation is 2. The van der Waals surface area contributed by atoms with Gasteiger partial charge < -0.3 is 0 Å². The first-order chi connectivity index (χ1) is 14.2. The second kappa shape index (κ2) is 10.9. The number of aromatic nitrogens is 1. The third-order valence-corrected chi connectivity index (χ3v) is 7.51. The fourth-order valence-electron chi connectivity index (χ4n) is 3.99. The zero-order chi connectivity index (χ0) is 22.4. The number of likely N-dealkylation sites (tertiary alicyclic amines) is 1. The lowest BCUT2D eigenvalue weighted by Gasteiger charge is -2.38. The first kappa shape index (κ1) is 25.1. The summed E-state index contributed by atoms with van der Waals surface area (Å²) in [4.78, 5) is 8.06. The highest BCUT2D eigenvalue weighted by Crippen LogP contribution is 2.41.